The van der Waals surface area contributed by atoms with E-state index in [0.717, 1.165) is 25.8 Å². The number of nitrogens with one attached hydrogen (secondary N) is 1. The third kappa shape index (κ3) is 3.89. The van der Waals surface area contributed by atoms with Crippen molar-refractivity contribution >= 4 is 23.5 Å². The summed E-state index contributed by atoms with van der Waals surface area (Å²) in [4.78, 5) is 38.8. The van der Waals surface area contributed by atoms with Gasteiger partial charge in [0.1, 0.15) is 0 Å². The monoisotopic (exact) mass is 358 g/mol. The summed E-state index contributed by atoms with van der Waals surface area (Å²) in [6.07, 6.45) is 4.86. The van der Waals surface area contributed by atoms with Crippen LogP contribution in [0.4, 0.5) is 5.69 Å². The number of benzene rings is 1. The number of carbonyl (C=O) groups excluding carboxylic acids is 3. The van der Waals surface area contributed by atoms with Gasteiger partial charge in [0.25, 0.3) is 0 Å². The van der Waals surface area contributed by atoms with E-state index in [1.54, 1.807) is 24.3 Å². The second-order valence-electron chi connectivity index (χ2n) is 7.10. The highest BCUT2D eigenvalue weighted by atomic mass is 16.5. The van der Waals surface area contributed by atoms with Gasteiger partial charge in [-0.15, -0.1) is 0 Å². The van der Waals surface area contributed by atoms with Gasteiger partial charge in [-0.25, -0.2) is 4.79 Å². The van der Waals surface area contributed by atoms with E-state index in [9.17, 15) is 14.4 Å². The average molecular weight is 358 g/mol. The van der Waals surface area contributed by atoms with Crippen LogP contribution in [-0.4, -0.2) is 42.4 Å². The van der Waals surface area contributed by atoms with Gasteiger partial charge in [-0.1, -0.05) is 13.0 Å². The lowest BCUT2D eigenvalue weighted by atomic mass is 9.99. The van der Waals surface area contributed by atoms with Crippen molar-refractivity contribution in [3.05, 3.63) is 29.8 Å². The minimum Gasteiger partial charge on any atom is -0.465 e. The van der Waals surface area contributed by atoms with Crippen molar-refractivity contribution in [3.8, 4) is 0 Å². The molecule has 0 bridgehead atoms. The SMILES string of the molecule is CCC1CCCCN1C(=O)C1CC1C(=O)Nc1cccc(C(=O)OC)c1. The molecule has 3 rings (SSSR count). The van der Waals surface area contributed by atoms with Gasteiger partial charge in [0.2, 0.25) is 11.8 Å². The predicted molar refractivity (Wildman–Crippen MR) is 97.7 cm³/mol. The highest BCUT2D eigenvalue weighted by Crippen LogP contribution is 2.42. The van der Waals surface area contributed by atoms with Gasteiger partial charge in [0.05, 0.1) is 24.5 Å². The Bertz CT molecular complexity index is 703. The van der Waals surface area contributed by atoms with Crippen LogP contribution in [0.3, 0.4) is 0 Å². The number of likely N-dealkylation sites (tertiary alicyclic amines) is 1. The molecular formula is C20H26N2O4. The van der Waals surface area contributed by atoms with E-state index in [-0.39, 0.29) is 23.7 Å². The number of amides is 2. The second kappa shape index (κ2) is 7.89. The molecule has 1 saturated carbocycles. The number of piperidine rings is 1. The lowest BCUT2D eigenvalue weighted by molar-refractivity contribution is -0.137. The first-order valence-corrected chi connectivity index (χ1v) is 9.34. The maximum atomic E-state index is 12.8. The number of nitrogens with zero attached hydrogens (tertiary/aromatic N) is 1. The Morgan fingerprint density at radius 2 is 2.04 bits per heavy atom. The maximum Gasteiger partial charge on any atom is 0.337 e. The van der Waals surface area contributed by atoms with E-state index in [4.69, 9.17) is 4.74 Å². The van der Waals surface area contributed by atoms with Crippen molar-refractivity contribution in [2.75, 3.05) is 19.0 Å². The van der Waals surface area contributed by atoms with Crippen LogP contribution in [0, 0.1) is 11.8 Å². The van der Waals surface area contributed by atoms with Crippen LogP contribution in [-0.2, 0) is 14.3 Å². The smallest absolute Gasteiger partial charge is 0.337 e. The van der Waals surface area contributed by atoms with Crippen molar-refractivity contribution in [2.45, 2.75) is 45.1 Å². The molecule has 1 aliphatic heterocycles. The molecule has 1 saturated heterocycles. The summed E-state index contributed by atoms with van der Waals surface area (Å²) in [5.41, 5.74) is 0.924. The fourth-order valence-electron chi connectivity index (χ4n) is 3.76. The molecule has 2 aliphatic rings. The van der Waals surface area contributed by atoms with Crippen molar-refractivity contribution < 1.29 is 19.1 Å². The Kier molecular flexibility index (Phi) is 5.59. The number of esters is 1. The number of hydrogen-bond donors (Lipinski definition) is 1. The van der Waals surface area contributed by atoms with Crippen LogP contribution in [0.2, 0.25) is 0 Å². The number of anilines is 1. The number of rotatable bonds is 5. The molecule has 2 fully saturated rings. The summed E-state index contributed by atoms with van der Waals surface area (Å²) in [6, 6.07) is 6.95. The van der Waals surface area contributed by atoms with Crippen LogP contribution in [0.5, 0.6) is 0 Å². The van der Waals surface area contributed by atoms with Crippen LogP contribution >= 0.6 is 0 Å². The van der Waals surface area contributed by atoms with Gasteiger partial charge < -0.3 is 15.0 Å². The minimum atomic E-state index is -0.448. The first-order chi connectivity index (χ1) is 12.5. The van der Waals surface area contributed by atoms with Gasteiger partial charge >= 0.3 is 5.97 Å². The fourth-order valence-corrected chi connectivity index (χ4v) is 3.76. The first kappa shape index (κ1) is 18.4. The molecule has 1 aromatic rings. The molecule has 0 radical (unpaired) electrons. The summed E-state index contributed by atoms with van der Waals surface area (Å²) in [5, 5.41) is 2.82. The lowest BCUT2D eigenvalue weighted by Gasteiger charge is -2.35. The van der Waals surface area contributed by atoms with E-state index in [1.165, 1.54) is 13.5 Å². The zero-order valence-corrected chi connectivity index (χ0v) is 15.4. The highest BCUT2D eigenvalue weighted by Gasteiger charge is 2.50. The molecule has 1 heterocycles. The van der Waals surface area contributed by atoms with Crippen LogP contribution in [0.1, 0.15) is 49.4 Å². The number of carbonyl (C=O) groups is 3. The Morgan fingerprint density at radius 3 is 2.77 bits per heavy atom. The summed E-state index contributed by atoms with van der Waals surface area (Å²) in [5.74, 6) is -0.957. The third-order valence-electron chi connectivity index (χ3n) is 5.38. The third-order valence-corrected chi connectivity index (χ3v) is 5.38. The standard InChI is InChI=1S/C20H26N2O4/c1-3-15-9-4-5-10-22(15)19(24)17-12-16(17)18(23)21-14-8-6-7-13(11-14)20(25)26-2/h6-8,11,15-17H,3-5,9-10,12H2,1-2H3,(H,21,23). The molecule has 2 amide bonds. The Morgan fingerprint density at radius 1 is 1.23 bits per heavy atom. The summed E-state index contributed by atoms with van der Waals surface area (Å²) in [7, 11) is 1.32. The molecule has 1 aliphatic carbocycles. The molecule has 1 N–H and O–H groups in total. The molecular weight excluding hydrogens is 332 g/mol. The van der Waals surface area contributed by atoms with Gasteiger partial charge in [-0.3, -0.25) is 9.59 Å². The van der Waals surface area contributed by atoms with Crippen molar-refractivity contribution in [2.24, 2.45) is 11.8 Å². The van der Waals surface area contributed by atoms with E-state index in [1.807, 2.05) is 4.90 Å². The van der Waals surface area contributed by atoms with Crippen LogP contribution < -0.4 is 5.32 Å². The van der Waals surface area contributed by atoms with Crippen molar-refractivity contribution in [1.29, 1.82) is 0 Å². The molecule has 0 spiro atoms. The largest absolute Gasteiger partial charge is 0.465 e. The summed E-state index contributed by atoms with van der Waals surface area (Å²) >= 11 is 0. The van der Waals surface area contributed by atoms with Gasteiger partial charge in [0.15, 0.2) is 0 Å². The molecule has 0 aromatic heterocycles. The Labute approximate surface area is 153 Å². The normalized spacial score (nSPS) is 24.7. The summed E-state index contributed by atoms with van der Waals surface area (Å²) < 4.78 is 4.69. The van der Waals surface area contributed by atoms with Gasteiger partial charge in [-0.05, 0) is 50.3 Å². The highest BCUT2D eigenvalue weighted by molar-refractivity contribution is 6.00. The van der Waals surface area contributed by atoms with Crippen LogP contribution in [0.25, 0.3) is 0 Å². The summed E-state index contributed by atoms with van der Waals surface area (Å²) in [6.45, 7) is 2.92. The maximum absolute atomic E-state index is 12.8. The second-order valence-corrected chi connectivity index (χ2v) is 7.10. The topological polar surface area (TPSA) is 75.7 Å². The van der Waals surface area contributed by atoms with E-state index in [0.29, 0.717) is 23.7 Å². The van der Waals surface area contributed by atoms with Crippen molar-refractivity contribution in [1.82, 2.24) is 4.90 Å². The van der Waals surface area contributed by atoms with Crippen molar-refractivity contribution in [3.63, 3.8) is 0 Å². The predicted octanol–water partition coefficient (Wildman–Crippen LogP) is 2.84. The van der Waals surface area contributed by atoms with E-state index < -0.39 is 5.97 Å². The molecule has 6 heteroatoms. The van der Waals surface area contributed by atoms with Crippen LogP contribution in [0.15, 0.2) is 24.3 Å². The first-order valence-electron chi connectivity index (χ1n) is 9.34. The van der Waals surface area contributed by atoms with Gasteiger partial charge in [-0.2, -0.15) is 0 Å². The molecule has 1 aromatic carbocycles. The molecule has 3 unspecified atom stereocenters. The number of methoxy groups -OCH3 is 1. The fraction of sp³-hybridized carbons (Fsp3) is 0.550. The quantitative estimate of drug-likeness (QED) is 0.821. The Balaban J connectivity index is 1.59. The zero-order chi connectivity index (χ0) is 18.7. The molecule has 3 atom stereocenters. The lowest BCUT2D eigenvalue weighted by Crippen LogP contribution is -2.44. The number of hydrogen-bond acceptors (Lipinski definition) is 4. The van der Waals surface area contributed by atoms with Gasteiger partial charge in [0, 0.05) is 18.3 Å². The van der Waals surface area contributed by atoms with E-state index >= 15 is 0 Å². The van der Waals surface area contributed by atoms with E-state index in [2.05, 4.69) is 12.2 Å². The number of ether oxygens (including phenoxy) is 1. The zero-order valence-electron chi connectivity index (χ0n) is 15.4. The Hall–Kier alpha value is -2.37. The average Bonchev–Trinajstić information content (AvgIpc) is 3.48. The molecule has 26 heavy (non-hydrogen) atoms. The minimum absolute atomic E-state index is 0.125. The molecule has 140 valence electrons. The molecule has 6 nitrogen and oxygen atoms in total.